The van der Waals surface area contributed by atoms with Gasteiger partial charge < -0.3 is 5.73 Å². The van der Waals surface area contributed by atoms with Crippen molar-refractivity contribution in [2.75, 3.05) is 0 Å². The molecule has 11 heavy (non-hydrogen) atoms. The third-order valence-corrected chi connectivity index (χ3v) is 2.12. The fourth-order valence-corrected chi connectivity index (χ4v) is 1.55. The first kappa shape index (κ1) is 8.52. The topological polar surface area (TPSA) is 43.1 Å². The molecule has 0 radical (unpaired) electrons. The van der Waals surface area contributed by atoms with E-state index in [1.54, 1.807) is 6.07 Å². The van der Waals surface area contributed by atoms with Gasteiger partial charge in [0, 0.05) is 9.13 Å². The Bertz CT molecular complexity index is 296. The lowest BCUT2D eigenvalue weighted by atomic mass is 10.1. The molecule has 0 bridgehead atoms. The van der Waals surface area contributed by atoms with Gasteiger partial charge in [0.2, 0.25) is 5.91 Å². The lowest BCUT2D eigenvalue weighted by molar-refractivity contribution is 0.0999. The molecule has 0 aliphatic carbocycles. The van der Waals surface area contributed by atoms with E-state index in [4.69, 9.17) is 5.73 Å². The monoisotopic (exact) mass is 261 g/mol. The Balaban J connectivity index is 3.20. The molecule has 0 saturated carbocycles. The summed E-state index contributed by atoms with van der Waals surface area (Å²) in [6.45, 7) is 1.88. The first-order chi connectivity index (χ1) is 5.11. The first-order valence-corrected chi connectivity index (χ1v) is 4.25. The number of hydrogen-bond acceptors (Lipinski definition) is 1. The molecule has 0 fully saturated rings. The van der Waals surface area contributed by atoms with Crippen LogP contribution in [0.2, 0.25) is 0 Å². The van der Waals surface area contributed by atoms with Crippen molar-refractivity contribution < 1.29 is 4.79 Å². The molecule has 1 aromatic carbocycles. The Kier molecular flexibility index (Phi) is 2.49. The Morgan fingerprint density at radius 2 is 2.18 bits per heavy atom. The molecule has 0 atom stereocenters. The SMILES string of the molecule is Cc1cc(I)ccc1C(N)=O. The van der Waals surface area contributed by atoms with E-state index in [0.717, 1.165) is 9.13 Å². The van der Waals surface area contributed by atoms with Crippen LogP contribution < -0.4 is 5.73 Å². The van der Waals surface area contributed by atoms with Gasteiger partial charge in [-0.1, -0.05) is 0 Å². The number of benzene rings is 1. The van der Waals surface area contributed by atoms with Gasteiger partial charge in [-0.25, -0.2) is 0 Å². The highest BCUT2D eigenvalue weighted by Crippen LogP contribution is 2.11. The van der Waals surface area contributed by atoms with Crippen molar-refractivity contribution >= 4 is 28.5 Å². The number of primary amides is 1. The number of halogens is 1. The molecule has 0 aliphatic rings. The van der Waals surface area contributed by atoms with Gasteiger partial charge >= 0.3 is 0 Å². The summed E-state index contributed by atoms with van der Waals surface area (Å²) in [4.78, 5) is 10.8. The minimum Gasteiger partial charge on any atom is -0.366 e. The van der Waals surface area contributed by atoms with Gasteiger partial charge in [0.1, 0.15) is 0 Å². The molecule has 58 valence electrons. The number of carbonyl (C=O) groups excluding carboxylic acids is 1. The van der Waals surface area contributed by atoms with Crippen molar-refractivity contribution in [1.82, 2.24) is 0 Å². The van der Waals surface area contributed by atoms with E-state index in [-0.39, 0.29) is 5.91 Å². The maximum atomic E-state index is 10.8. The molecule has 0 saturated heterocycles. The van der Waals surface area contributed by atoms with Crippen LogP contribution in [0.5, 0.6) is 0 Å². The third-order valence-electron chi connectivity index (χ3n) is 1.45. The molecule has 0 aromatic heterocycles. The Labute approximate surface area is 78.9 Å². The molecule has 2 N–H and O–H groups in total. The van der Waals surface area contributed by atoms with Crippen LogP contribution in [0.3, 0.4) is 0 Å². The molecule has 0 heterocycles. The van der Waals surface area contributed by atoms with Crippen LogP contribution in [-0.4, -0.2) is 5.91 Å². The summed E-state index contributed by atoms with van der Waals surface area (Å²) in [7, 11) is 0. The second-order valence-electron chi connectivity index (χ2n) is 2.32. The number of nitrogens with two attached hydrogens (primary N) is 1. The summed E-state index contributed by atoms with van der Waals surface area (Å²) in [5, 5.41) is 0. The van der Waals surface area contributed by atoms with Crippen molar-refractivity contribution in [3.63, 3.8) is 0 Å². The highest BCUT2D eigenvalue weighted by Gasteiger charge is 2.03. The average Bonchev–Trinajstić information content (AvgIpc) is 1.85. The van der Waals surface area contributed by atoms with Crippen molar-refractivity contribution in [1.29, 1.82) is 0 Å². The van der Waals surface area contributed by atoms with Crippen LogP contribution in [0, 0.1) is 10.5 Å². The van der Waals surface area contributed by atoms with Crippen LogP contribution in [0.25, 0.3) is 0 Å². The number of hydrogen-bond donors (Lipinski definition) is 1. The second-order valence-corrected chi connectivity index (χ2v) is 3.57. The zero-order valence-electron chi connectivity index (χ0n) is 6.10. The van der Waals surface area contributed by atoms with Crippen LogP contribution in [-0.2, 0) is 0 Å². The number of rotatable bonds is 1. The van der Waals surface area contributed by atoms with E-state index in [1.807, 2.05) is 19.1 Å². The summed E-state index contributed by atoms with van der Waals surface area (Å²) in [5.41, 5.74) is 6.66. The minimum atomic E-state index is -0.362. The number of carbonyl (C=O) groups is 1. The van der Waals surface area contributed by atoms with Crippen LogP contribution in [0.4, 0.5) is 0 Å². The molecular weight excluding hydrogens is 253 g/mol. The molecule has 3 heteroatoms. The van der Waals surface area contributed by atoms with Gasteiger partial charge in [-0.05, 0) is 53.3 Å². The van der Waals surface area contributed by atoms with E-state index in [2.05, 4.69) is 22.6 Å². The normalized spacial score (nSPS) is 9.64. The fourth-order valence-electron chi connectivity index (χ4n) is 0.904. The largest absolute Gasteiger partial charge is 0.366 e. The van der Waals surface area contributed by atoms with E-state index in [9.17, 15) is 4.79 Å². The van der Waals surface area contributed by atoms with Crippen LogP contribution >= 0.6 is 22.6 Å². The third kappa shape index (κ3) is 1.92. The van der Waals surface area contributed by atoms with Crippen molar-refractivity contribution in [2.24, 2.45) is 5.73 Å². The predicted octanol–water partition coefficient (Wildman–Crippen LogP) is 1.70. The molecule has 0 aliphatic heterocycles. The van der Waals surface area contributed by atoms with E-state index in [1.165, 1.54) is 0 Å². The average molecular weight is 261 g/mol. The Hall–Kier alpha value is -0.580. The summed E-state index contributed by atoms with van der Waals surface area (Å²) < 4.78 is 1.12. The lowest BCUT2D eigenvalue weighted by Gasteiger charge is -2.00. The summed E-state index contributed by atoms with van der Waals surface area (Å²) in [5.74, 6) is -0.362. The quantitative estimate of drug-likeness (QED) is 0.768. The Morgan fingerprint density at radius 3 is 2.64 bits per heavy atom. The highest BCUT2D eigenvalue weighted by molar-refractivity contribution is 14.1. The van der Waals surface area contributed by atoms with Gasteiger partial charge in [-0.2, -0.15) is 0 Å². The second kappa shape index (κ2) is 3.21. The van der Waals surface area contributed by atoms with E-state index < -0.39 is 0 Å². The zero-order valence-corrected chi connectivity index (χ0v) is 8.25. The standard InChI is InChI=1S/C8H8INO/c1-5-4-6(9)2-3-7(5)8(10)11/h2-4H,1H3,(H2,10,11). The van der Waals surface area contributed by atoms with Gasteiger partial charge in [0.25, 0.3) is 0 Å². The molecular formula is C8H8INO. The van der Waals surface area contributed by atoms with Crippen molar-refractivity contribution in [2.45, 2.75) is 6.92 Å². The smallest absolute Gasteiger partial charge is 0.248 e. The molecule has 1 amide bonds. The fraction of sp³-hybridized carbons (Fsp3) is 0.125. The van der Waals surface area contributed by atoms with Gasteiger partial charge in [-0.15, -0.1) is 0 Å². The van der Waals surface area contributed by atoms with Crippen LogP contribution in [0.1, 0.15) is 15.9 Å². The molecule has 2 nitrogen and oxygen atoms in total. The summed E-state index contributed by atoms with van der Waals surface area (Å²) >= 11 is 2.19. The van der Waals surface area contributed by atoms with Gasteiger partial charge in [0.15, 0.2) is 0 Å². The molecule has 0 unspecified atom stereocenters. The van der Waals surface area contributed by atoms with Crippen molar-refractivity contribution in [3.05, 3.63) is 32.9 Å². The van der Waals surface area contributed by atoms with E-state index in [0.29, 0.717) is 5.56 Å². The Morgan fingerprint density at radius 1 is 1.55 bits per heavy atom. The maximum Gasteiger partial charge on any atom is 0.248 e. The number of amides is 1. The summed E-state index contributed by atoms with van der Waals surface area (Å²) in [6.07, 6.45) is 0. The van der Waals surface area contributed by atoms with E-state index >= 15 is 0 Å². The van der Waals surface area contributed by atoms with Crippen LogP contribution in [0.15, 0.2) is 18.2 Å². The molecule has 1 rings (SSSR count). The lowest BCUT2D eigenvalue weighted by Crippen LogP contribution is -2.12. The highest BCUT2D eigenvalue weighted by atomic mass is 127. The maximum absolute atomic E-state index is 10.8. The first-order valence-electron chi connectivity index (χ1n) is 3.17. The molecule has 1 aromatic rings. The van der Waals surface area contributed by atoms with Crippen molar-refractivity contribution in [3.8, 4) is 0 Å². The minimum absolute atomic E-state index is 0.362. The number of aryl methyl sites for hydroxylation is 1. The zero-order chi connectivity index (χ0) is 8.43. The van der Waals surface area contributed by atoms with Gasteiger partial charge in [0.05, 0.1) is 0 Å². The molecule has 0 spiro atoms. The van der Waals surface area contributed by atoms with Gasteiger partial charge in [-0.3, -0.25) is 4.79 Å². The predicted molar refractivity (Wildman–Crippen MR) is 52.4 cm³/mol. The summed E-state index contributed by atoms with van der Waals surface area (Å²) in [6, 6.07) is 5.55.